The Morgan fingerprint density at radius 3 is 2.85 bits per heavy atom. The fourth-order valence-corrected chi connectivity index (χ4v) is 4.17. The zero-order chi connectivity index (χ0) is 9.47. The number of hydrogen-bond donors (Lipinski definition) is 1. The molecule has 1 aliphatic rings. The van der Waals surface area contributed by atoms with Crippen LogP contribution in [0.25, 0.3) is 0 Å². The third-order valence-corrected chi connectivity index (χ3v) is 4.75. The van der Waals surface area contributed by atoms with E-state index in [1.165, 1.54) is 22.9 Å². The quantitative estimate of drug-likeness (QED) is 0.823. The summed E-state index contributed by atoms with van der Waals surface area (Å²) in [6.45, 7) is 2.33. The molecule has 2 rings (SSSR count). The Kier molecular flexibility index (Phi) is 2.51. The van der Waals surface area contributed by atoms with Crippen LogP contribution in [0, 0.1) is 0 Å². The Morgan fingerprint density at radius 2 is 2.38 bits per heavy atom. The van der Waals surface area contributed by atoms with Crippen molar-refractivity contribution in [2.24, 2.45) is 5.73 Å². The fourth-order valence-electron chi connectivity index (χ4n) is 2.24. The molecule has 0 radical (unpaired) electrons. The summed E-state index contributed by atoms with van der Waals surface area (Å²) in [4.78, 5) is 0. The summed E-state index contributed by atoms with van der Waals surface area (Å²) in [5.74, 6) is 0. The summed E-state index contributed by atoms with van der Waals surface area (Å²) in [6, 6.07) is 0.400. The van der Waals surface area contributed by atoms with Crippen LogP contribution >= 0.6 is 27.3 Å². The summed E-state index contributed by atoms with van der Waals surface area (Å²) in [6.07, 6.45) is 3.52. The SMILES string of the molecule is CC1(c2cscc2Br)CCC(N)C1. The molecule has 0 aromatic carbocycles. The summed E-state index contributed by atoms with van der Waals surface area (Å²) >= 11 is 5.37. The van der Waals surface area contributed by atoms with Crippen LogP contribution in [0.1, 0.15) is 31.7 Å². The van der Waals surface area contributed by atoms with E-state index in [1.54, 1.807) is 11.3 Å². The van der Waals surface area contributed by atoms with Crippen LogP contribution in [-0.4, -0.2) is 6.04 Å². The maximum Gasteiger partial charge on any atom is 0.0319 e. The number of hydrogen-bond acceptors (Lipinski definition) is 2. The second-order valence-electron chi connectivity index (χ2n) is 4.20. The first-order valence-electron chi connectivity index (χ1n) is 4.59. The first kappa shape index (κ1) is 9.69. The highest BCUT2D eigenvalue weighted by Gasteiger charge is 2.36. The molecular formula is C10H14BrNS. The van der Waals surface area contributed by atoms with Crippen molar-refractivity contribution in [3.63, 3.8) is 0 Å². The Labute approximate surface area is 91.5 Å². The van der Waals surface area contributed by atoms with Gasteiger partial charge in [0, 0.05) is 15.9 Å². The van der Waals surface area contributed by atoms with Gasteiger partial charge < -0.3 is 5.73 Å². The summed E-state index contributed by atoms with van der Waals surface area (Å²) < 4.78 is 1.26. The van der Waals surface area contributed by atoms with Gasteiger partial charge in [0.15, 0.2) is 0 Å². The van der Waals surface area contributed by atoms with Crippen molar-refractivity contribution < 1.29 is 0 Å². The molecule has 2 N–H and O–H groups in total. The van der Waals surface area contributed by atoms with Crippen LogP contribution < -0.4 is 5.73 Å². The largest absolute Gasteiger partial charge is 0.328 e. The number of halogens is 1. The average molecular weight is 260 g/mol. The van der Waals surface area contributed by atoms with Gasteiger partial charge in [0.05, 0.1) is 0 Å². The second kappa shape index (κ2) is 3.37. The fraction of sp³-hybridized carbons (Fsp3) is 0.600. The maximum atomic E-state index is 5.95. The normalized spacial score (nSPS) is 33.9. The third-order valence-electron chi connectivity index (χ3n) is 3.04. The Bertz CT molecular complexity index is 310. The smallest absolute Gasteiger partial charge is 0.0319 e. The second-order valence-corrected chi connectivity index (χ2v) is 5.79. The van der Waals surface area contributed by atoms with Gasteiger partial charge >= 0.3 is 0 Å². The van der Waals surface area contributed by atoms with Crippen molar-refractivity contribution in [3.8, 4) is 0 Å². The maximum absolute atomic E-state index is 5.95. The lowest BCUT2D eigenvalue weighted by atomic mass is 9.82. The van der Waals surface area contributed by atoms with Crippen LogP contribution in [0.15, 0.2) is 15.2 Å². The molecule has 1 fully saturated rings. The van der Waals surface area contributed by atoms with E-state index in [-0.39, 0.29) is 0 Å². The van der Waals surface area contributed by atoms with Gasteiger partial charge in [0.1, 0.15) is 0 Å². The Hall–Kier alpha value is 0.140. The van der Waals surface area contributed by atoms with Gasteiger partial charge in [-0.05, 0) is 51.6 Å². The standard InChI is InChI=1S/C10H14BrNS/c1-10(3-2-7(12)4-10)8-5-13-6-9(8)11/h5-7H,2-4,12H2,1H3. The highest BCUT2D eigenvalue weighted by molar-refractivity contribution is 9.10. The Balaban J connectivity index is 2.30. The van der Waals surface area contributed by atoms with Gasteiger partial charge in [-0.2, -0.15) is 11.3 Å². The van der Waals surface area contributed by atoms with Gasteiger partial charge in [-0.1, -0.05) is 6.92 Å². The summed E-state index contributed by atoms with van der Waals surface area (Å²) in [5.41, 5.74) is 7.72. The number of rotatable bonds is 1. The van der Waals surface area contributed by atoms with E-state index in [4.69, 9.17) is 5.73 Å². The van der Waals surface area contributed by atoms with Gasteiger partial charge in [-0.3, -0.25) is 0 Å². The van der Waals surface area contributed by atoms with E-state index >= 15 is 0 Å². The van der Waals surface area contributed by atoms with E-state index in [0.717, 1.165) is 6.42 Å². The highest BCUT2D eigenvalue weighted by atomic mass is 79.9. The van der Waals surface area contributed by atoms with Gasteiger partial charge in [-0.25, -0.2) is 0 Å². The molecule has 0 spiro atoms. The zero-order valence-corrected chi connectivity index (χ0v) is 10.1. The molecular weight excluding hydrogens is 246 g/mol. The molecule has 13 heavy (non-hydrogen) atoms. The van der Waals surface area contributed by atoms with Crippen molar-refractivity contribution in [1.82, 2.24) is 0 Å². The van der Waals surface area contributed by atoms with E-state index < -0.39 is 0 Å². The molecule has 0 saturated heterocycles. The predicted molar refractivity (Wildman–Crippen MR) is 61.2 cm³/mol. The van der Waals surface area contributed by atoms with E-state index in [1.807, 2.05) is 0 Å². The third kappa shape index (κ3) is 1.69. The molecule has 72 valence electrons. The molecule has 1 nitrogen and oxygen atoms in total. The molecule has 1 heterocycles. The monoisotopic (exact) mass is 259 g/mol. The van der Waals surface area contributed by atoms with Crippen molar-refractivity contribution >= 4 is 27.3 Å². The molecule has 3 heteroatoms. The summed E-state index contributed by atoms with van der Waals surface area (Å²) in [5, 5.41) is 4.41. The number of nitrogens with two attached hydrogens (primary N) is 1. The van der Waals surface area contributed by atoms with Crippen molar-refractivity contribution in [1.29, 1.82) is 0 Å². The lowest BCUT2D eigenvalue weighted by Crippen LogP contribution is -2.22. The van der Waals surface area contributed by atoms with Crippen LogP contribution in [0.2, 0.25) is 0 Å². The van der Waals surface area contributed by atoms with E-state index in [0.29, 0.717) is 11.5 Å². The number of thiophene rings is 1. The van der Waals surface area contributed by atoms with Crippen LogP contribution in [0.4, 0.5) is 0 Å². The molecule has 1 aliphatic carbocycles. The molecule has 1 aromatic heterocycles. The molecule has 0 bridgehead atoms. The zero-order valence-electron chi connectivity index (χ0n) is 7.72. The first-order chi connectivity index (χ1) is 6.12. The minimum absolute atomic E-state index is 0.318. The topological polar surface area (TPSA) is 26.0 Å². The van der Waals surface area contributed by atoms with E-state index in [2.05, 4.69) is 33.6 Å². The van der Waals surface area contributed by atoms with Crippen molar-refractivity contribution in [2.45, 2.75) is 37.6 Å². The average Bonchev–Trinajstić information content (AvgIpc) is 2.59. The van der Waals surface area contributed by atoms with Gasteiger partial charge in [0.25, 0.3) is 0 Å². The van der Waals surface area contributed by atoms with Gasteiger partial charge in [-0.15, -0.1) is 0 Å². The lowest BCUT2D eigenvalue weighted by Gasteiger charge is -2.23. The van der Waals surface area contributed by atoms with E-state index in [9.17, 15) is 0 Å². The molecule has 1 saturated carbocycles. The summed E-state index contributed by atoms with van der Waals surface area (Å²) in [7, 11) is 0. The minimum Gasteiger partial charge on any atom is -0.328 e. The Morgan fingerprint density at radius 1 is 1.62 bits per heavy atom. The molecule has 0 aliphatic heterocycles. The first-order valence-corrected chi connectivity index (χ1v) is 6.33. The van der Waals surface area contributed by atoms with Crippen LogP contribution in [0.3, 0.4) is 0 Å². The molecule has 2 atom stereocenters. The molecule has 0 amide bonds. The lowest BCUT2D eigenvalue weighted by molar-refractivity contribution is 0.482. The van der Waals surface area contributed by atoms with Crippen molar-refractivity contribution in [3.05, 3.63) is 20.8 Å². The predicted octanol–water partition coefficient (Wildman–Crippen LogP) is 3.28. The van der Waals surface area contributed by atoms with Crippen LogP contribution in [0.5, 0.6) is 0 Å². The van der Waals surface area contributed by atoms with Crippen molar-refractivity contribution in [2.75, 3.05) is 0 Å². The minimum atomic E-state index is 0.318. The van der Waals surface area contributed by atoms with Crippen LogP contribution in [-0.2, 0) is 5.41 Å². The molecule has 1 aromatic rings. The van der Waals surface area contributed by atoms with Gasteiger partial charge in [0.2, 0.25) is 0 Å². The highest BCUT2D eigenvalue weighted by Crippen LogP contribution is 2.44. The molecule has 2 unspecified atom stereocenters.